The number of rotatable bonds is 6. The van der Waals surface area contributed by atoms with Crippen LogP contribution in [0.1, 0.15) is 35.5 Å². The Morgan fingerprint density at radius 2 is 1.69 bits per heavy atom. The van der Waals surface area contributed by atoms with Gasteiger partial charge in [-0.15, -0.1) is 0 Å². The van der Waals surface area contributed by atoms with Crippen LogP contribution < -0.4 is 15.4 Å². The topological polar surface area (TPSA) is 101 Å². The summed E-state index contributed by atoms with van der Waals surface area (Å²) < 4.78 is 5.37. The third kappa shape index (κ3) is 6.15. The molecule has 0 aliphatic rings. The molecule has 1 heterocycles. The van der Waals surface area contributed by atoms with E-state index < -0.39 is 17.6 Å². The third-order valence-corrected chi connectivity index (χ3v) is 4.63. The first-order valence-corrected chi connectivity index (χ1v) is 10.3. The summed E-state index contributed by atoms with van der Waals surface area (Å²) >= 11 is 0. The van der Waals surface area contributed by atoms with Crippen molar-refractivity contribution < 1.29 is 19.4 Å². The summed E-state index contributed by atoms with van der Waals surface area (Å²) in [4.78, 5) is 29.8. The lowest BCUT2D eigenvalue weighted by molar-refractivity contribution is 0.0691. The number of carbonyl (C=O) groups is 2. The highest BCUT2D eigenvalue weighted by Crippen LogP contribution is 2.28. The Hall–Kier alpha value is -3.71. The molecule has 0 radical (unpaired) electrons. The van der Waals surface area contributed by atoms with E-state index in [1.807, 2.05) is 49.4 Å². The van der Waals surface area contributed by atoms with Gasteiger partial charge >= 0.3 is 6.09 Å². The molecule has 3 aromatic rings. The van der Waals surface area contributed by atoms with Gasteiger partial charge in [-0.25, -0.2) is 9.78 Å². The zero-order chi connectivity index (χ0) is 23.3. The van der Waals surface area contributed by atoms with E-state index in [1.54, 1.807) is 39.0 Å². The lowest BCUT2D eigenvalue weighted by Gasteiger charge is -2.19. The molecule has 32 heavy (non-hydrogen) atoms. The number of aromatic nitrogens is 1. The maximum absolute atomic E-state index is 12.7. The molecule has 7 nitrogen and oxygen atoms in total. The van der Waals surface area contributed by atoms with Crippen molar-refractivity contribution in [2.45, 2.75) is 33.3 Å². The molecular weight excluding hydrogens is 406 g/mol. The SMILES string of the molecule is Cc1ccc(OC(=O)Nc2cc(C)c(C(=O)NCC(C)(C)O)nc2-c2ccccc2)cc1. The first kappa shape index (κ1) is 23.0. The fraction of sp³-hybridized carbons (Fsp3) is 0.240. The van der Waals surface area contributed by atoms with Crippen LogP contribution in [0.25, 0.3) is 11.3 Å². The Morgan fingerprint density at radius 3 is 2.31 bits per heavy atom. The van der Waals surface area contributed by atoms with Crippen LogP contribution in [-0.4, -0.2) is 34.2 Å². The van der Waals surface area contributed by atoms with Crippen molar-refractivity contribution in [3.63, 3.8) is 0 Å². The minimum atomic E-state index is -1.05. The number of aliphatic hydroxyl groups is 1. The molecule has 0 saturated heterocycles. The molecule has 0 bridgehead atoms. The van der Waals surface area contributed by atoms with Crippen molar-refractivity contribution in [2.75, 3.05) is 11.9 Å². The zero-order valence-corrected chi connectivity index (χ0v) is 18.6. The standard InChI is InChI=1S/C25H27N3O4/c1-16-10-12-19(13-11-16)32-24(30)27-20-14-17(2)21(23(29)26-15-25(3,4)31)28-22(20)18-8-6-5-7-9-18/h5-14,31H,15H2,1-4H3,(H,26,29)(H,27,30). The molecule has 7 heteroatoms. The van der Waals surface area contributed by atoms with Crippen molar-refractivity contribution in [1.82, 2.24) is 10.3 Å². The van der Waals surface area contributed by atoms with E-state index in [-0.39, 0.29) is 12.2 Å². The molecule has 166 valence electrons. The average molecular weight is 434 g/mol. The van der Waals surface area contributed by atoms with Crippen LogP contribution in [-0.2, 0) is 0 Å². The number of amides is 2. The normalized spacial score (nSPS) is 11.0. The molecule has 1 aromatic heterocycles. The molecular formula is C25H27N3O4. The van der Waals surface area contributed by atoms with Crippen LogP contribution in [0, 0.1) is 13.8 Å². The monoisotopic (exact) mass is 433 g/mol. The van der Waals surface area contributed by atoms with Crippen LogP contribution >= 0.6 is 0 Å². The van der Waals surface area contributed by atoms with Crippen molar-refractivity contribution in [1.29, 1.82) is 0 Å². The zero-order valence-electron chi connectivity index (χ0n) is 18.6. The molecule has 3 rings (SSSR count). The van der Waals surface area contributed by atoms with Gasteiger partial charge in [-0.05, 0) is 51.5 Å². The van der Waals surface area contributed by atoms with Gasteiger partial charge in [0.2, 0.25) is 0 Å². The largest absolute Gasteiger partial charge is 0.417 e. The molecule has 0 atom stereocenters. The van der Waals surface area contributed by atoms with Crippen LogP contribution in [0.4, 0.5) is 10.5 Å². The van der Waals surface area contributed by atoms with Crippen molar-refractivity contribution in [3.05, 3.63) is 77.5 Å². The van der Waals surface area contributed by atoms with Gasteiger partial charge in [0.15, 0.2) is 0 Å². The lowest BCUT2D eigenvalue weighted by atomic mass is 10.1. The molecule has 0 fully saturated rings. The maximum Gasteiger partial charge on any atom is 0.417 e. The van der Waals surface area contributed by atoms with E-state index in [0.29, 0.717) is 22.7 Å². The summed E-state index contributed by atoms with van der Waals surface area (Å²) in [6.45, 7) is 6.97. The number of pyridine rings is 1. The summed E-state index contributed by atoms with van der Waals surface area (Å²) in [5, 5.41) is 15.3. The summed E-state index contributed by atoms with van der Waals surface area (Å²) in [6.07, 6.45) is -0.661. The second kappa shape index (κ2) is 9.62. The van der Waals surface area contributed by atoms with Crippen molar-refractivity contribution >= 4 is 17.7 Å². The van der Waals surface area contributed by atoms with Gasteiger partial charge in [-0.3, -0.25) is 10.1 Å². The highest BCUT2D eigenvalue weighted by Gasteiger charge is 2.20. The van der Waals surface area contributed by atoms with Crippen LogP contribution in [0.5, 0.6) is 5.75 Å². The predicted octanol–water partition coefficient (Wildman–Crippen LogP) is 4.48. The van der Waals surface area contributed by atoms with E-state index in [1.165, 1.54) is 0 Å². The van der Waals surface area contributed by atoms with Gasteiger partial charge in [-0.2, -0.15) is 0 Å². The first-order chi connectivity index (χ1) is 15.1. The summed E-state index contributed by atoms with van der Waals surface area (Å²) in [7, 11) is 0. The van der Waals surface area contributed by atoms with Gasteiger partial charge in [0, 0.05) is 12.1 Å². The van der Waals surface area contributed by atoms with E-state index in [2.05, 4.69) is 15.6 Å². The first-order valence-electron chi connectivity index (χ1n) is 10.3. The maximum atomic E-state index is 12.7. The molecule has 0 spiro atoms. The average Bonchev–Trinajstić information content (AvgIpc) is 2.74. The Kier molecular flexibility index (Phi) is 6.90. The number of anilines is 1. The van der Waals surface area contributed by atoms with E-state index in [0.717, 1.165) is 11.1 Å². The van der Waals surface area contributed by atoms with Gasteiger partial charge < -0.3 is 15.2 Å². The van der Waals surface area contributed by atoms with Crippen LogP contribution in [0.15, 0.2) is 60.7 Å². The van der Waals surface area contributed by atoms with Gasteiger partial charge in [-0.1, -0.05) is 48.0 Å². The number of nitrogens with one attached hydrogen (secondary N) is 2. The molecule has 2 amide bonds. The Balaban J connectivity index is 1.91. The van der Waals surface area contributed by atoms with Crippen molar-refractivity contribution in [2.24, 2.45) is 0 Å². The Morgan fingerprint density at radius 1 is 1.03 bits per heavy atom. The molecule has 0 unspecified atom stereocenters. The number of carbonyl (C=O) groups excluding carboxylic acids is 2. The van der Waals surface area contributed by atoms with Gasteiger partial charge in [0.05, 0.1) is 17.0 Å². The number of nitrogens with zero attached hydrogens (tertiary/aromatic N) is 1. The predicted molar refractivity (Wildman–Crippen MR) is 124 cm³/mol. The van der Waals surface area contributed by atoms with Crippen LogP contribution in [0.3, 0.4) is 0 Å². The van der Waals surface area contributed by atoms with E-state index in [4.69, 9.17) is 4.74 Å². The third-order valence-electron chi connectivity index (χ3n) is 4.63. The number of hydrogen-bond donors (Lipinski definition) is 3. The number of hydrogen-bond acceptors (Lipinski definition) is 5. The number of ether oxygens (including phenoxy) is 1. The summed E-state index contributed by atoms with van der Waals surface area (Å²) in [5.41, 5.74) is 2.38. The molecule has 0 saturated carbocycles. The molecule has 2 aromatic carbocycles. The molecule has 0 aliphatic heterocycles. The minimum absolute atomic E-state index is 0.0799. The smallest absolute Gasteiger partial charge is 0.410 e. The number of benzene rings is 2. The highest BCUT2D eigenvalue weighted by atomic mass is 16.6. The van der Waals surface area contributed by atoms with E-state index in [9.17, 15) is 14.7 Å². The van der Waals surface area contributed by atoms with Gasteiger partial charge in [0.25, 0.3) is 5.91 Å². The molecule has 0 aliphatic carbocycles. The quantitative estimate of drug-likeness (QED) is 0.532. The fourth-order valence-corrected chi connectivity index (χ4v) is 2.98. The lowest BCUT2D eigenvalue weighted by Crippen LogP contribution is -2.38. The van der Waals surface area contributed by atoms with Crippen molar-refractivity contribution in [3.8, 4) is 17.0 Å². The van der Waals surface area contributed by atoms with Crippen LogP contribution in [0.2, 0.25) is 0 Å². The Labute approximate surface area is 187 Å². The van der Waals surface area contributed by atoms with Gasteiger partial charge in [0.1, 0.15) is 11.4 Å². The summed E-state index contributed by atoms with van der Waals surface area (Å²) in [5.74, 6) is 0.0113. The second-order valence-electron chi connectivity index (χ2n) is 8.24. The van der Waals surface area contributed by atoms with E-state index >= 15 is 0 Å². The minimum Gasteiger partial charge on any atom is -0.410 e. The highest BCUT2D eigenvalue weighted by molar-refractivity contribution is 5.97. The number of aryl methyl sites for hydroxylation is 2. The second-order valence-corrected chi connectivity index (χ2v) is 8.24. The summed E-state index contributed by atoms with van der Waals surface area (Å²) in [6, 6.07) is 18.1. The fourth-order valence-electron chi connectivity index (χ4n) is 2.98. The Bertz CT molecular complexity index is 1100. The molecule has 3 N–H and O–H groups in total.